The van der Waals surface area contributed by atoms with Crippen molar-refractivity contribution in [2.24, 2.45) is 5.73 Å². The van der Waals surface area contributed by atoms with Crippen molar-refractivity contribution in [1.82, 2.24) is 14.9 Å². The number of nitrogens with two attached hydrogens (primary N) is 1. The highest BCUT2D eigenvalue weighted by Gasteiger charge is 2.44. The Labute approximate surface area is 187 Å². The molecule has 0 saturated carbocycles. The summed E-state index contributed by atoms with van der Waals surface area (Å²) in [5.41, 5.74) is 8.59. The summed E-state index contributed by atoms with van der Waals surface area (Å²) < 4.78 is 12.0. The first-order valence-electron chi connectivity index (χ1n) is 10.9. The predicted octanol–water partition coefficient (Wildman–Crippen LogP) is 1.26. The minimum Gasteiger partial charge on any atom is -0.485 e. The van der Waals surface area contributed by atoms with E-state index in [9.17, 15) is 4.79 Å². The maximum absolute atomic E-state index is 13.2. The zero-order valence-electron chi connectivity index (χ0n) is 18.2. The predicted molar refractivity (Wildman–Crippen MR) is 121 cm³/mol. The van der Waals surface area contributed by atoms with Gasteiger partial charge in [-0.3, -0.25) is 4.79 Å². The number of nitrogens with zero attached hydrogens (tertiary/aromatic N) is 4. The lowest BCUT2D eigenvalue weighted by molar-refractivity contribution is -0.111. The van der Waals surface area contributed by atoms with Crippen LogP contribution in [0.5, 0.6) is 5.75 Å². The normalized spacial score (nSPS) is 23.3. The summed E-state index contributed by atoms with van der Waals surface area (Å²) in [5.74, 6) is 0.848. The molecule has 1 aromatic carbocycles. The number of likely N-dealkylation sites (N-methyl/N-ethyl adjacent to an activating group) is 1. The molecule has 32 heavy (non-hydrogen) atoms. The minimum atomic E-state index is -0.345. The number of hydrogen-bond acceptors (Lipinski definition) is 8. The van der Waals surface area contributed by atoms with Crippen molar-refractivity contribution in [3.63, 3.8) is 0 Å². The van der Waals surface area contributed by atoms with Gasteiger partial charge in [0.1, 0.15) is 11.4 Å². The first-order chi connectivity index (χ1) is 15.6. The minimum absolute atomic E-state index is 0.178. The molecule has 1 atom stereocenters. The fourth-order valence-electron chi connectivity index (χ4n) is 4.78. The van der Waals surface area contributed by atoms with E-state index in [1.54, 1.807) is 18.5 Å². The number of ether oxygens (including phenoxy) is 2. The van der Waals surface area contributed by atoms with E-state index in [4.69, 9.17) is 15.2 Å². The average Bonchev–Trinajstić information content (AvgIpc) is 3.35. The van der Waals surface area contributed by atoms with Gasteiger partial charge in [-0.1, -0.05) is 0 Å². The molecule has 1 spiro atoms. The standard InChI is InChI=1S/C23H28N6O3/c1-28-6-3-23(15-28)13-16-11-18(19(12-20(16)32-23)29-7-9-31-10-8-29)27-22(30)17(14-24)21-25-4-2-5-26-21/h2,4-5,11-12,14H,3,6-10,13,15,24H2,1H3,(H,27,30)/t23-/m0/s1. The van der Waals surface area contributed by atoms with E-state index >= 15 is 0 Å². The molecule has 5 rings (SSSR count). The van der Waals surface area contributed by atoms with Crippen LogP contribution in [0, 0.1) is 0 Å². The molecule has 3 aliphatic rings. The fraction of sp³-hybridized carbons (Fsp3) is 0.435. The summed E-state index contributed by atoms with van der Waals surface area (Å²) in [6.45, 7) is 4.71. The van der Waals surface area contributed by atoms with Crippen LogP contribution < -0.4 is 20.7 Å². The third-order valence-corrected chi connectivity index (χ3v) is 6.34. The zero-order valence-corrected chi connectivity index (χ0v) is 18.2. The number of benzene rings is 1. The number of nitrogens with one attached hydrogen (secondary N) is 1. The van der Waals surface area contributed by atoms with Gasteiger partial charge in [-0.25, -0.2) is 9.97 Å². The van der Waals surface area contributed by atoms with Crippen LogP contribution >= 0.6 is 0 Å². The number of fused-ring (bicyclic) bond motifs is 1. The van der Waals surface area contributed by atoms with Gasteiger partial charge in [-0.15, -0.1) is 0 Å². The zero-order chi connectivity index (χ0) is 22.1. The smallest absolute Gasteiger partial charge is 0.261 e. The lowest BCUT2D eigenvalue weighted by atomic mass is 9.96. The van der Waals surface area contributed by atoms with Gasteiger partial charge in [0.05, 0.1) is 30.2 Å². The van der Waals surface area contributed by atoms with Crippen molar-refractivity contribution >= 4 is 22.9 Å². The molecule has 0 radical (unpaired) electrons. The van der Waals surface area contributed by atoms with Gasteiger partial charge in [0.15, 0.2) is 5.82 Å². The Morgan fingerprint density at radius 3 is 2.69 bits per heavy atom. The maximum Gasteiger partial charge on any atom is 0.261 e. The quantitative estimate of drug-likeness (QED) is 0.690. The molecule has 2 fully saturated rings. The summed E-state index contributed by atoms with van der Waals surface area (Å²) in [7, 11) is 2.12. The SMILES string of the molecule is CN1CC[C@]2(Cc3cc(NC(=O)C(=CN)c4ncccn4)c(N4CCOCC4)cc3O2)C1. The second-order valence-electron chi connectivity index (χ2n) is 8.63. The molecule has 4 heterocycles. The second kappa shape index (κ2) is 8.40. The molecule has 0 unspecified atom stereocenters. The Bertz CT molecular complexity index is 1040. The molecular weight excluding hydrogens is 408 g/mol. The maximum atomic E-state index is 13.2. The van der Waals surface area contributed by atoms with Crippen LogP contribution in [0.2, 0.25) is 0 Å². The van der Waals surface area contributed by atoms with E-state index < -0.39 is 0 Å². The van der Waals surface area contributed by atoms with E-state index in [-0.39, 0.29) is 22.9 Å². The monoisotopic (exact) mass is 436 g/mol. The van der Waals surface area contributed by atoms with Crippen LogP contribution in [0.25, 0.3) is 5.57 Å². The Hall–Kier alpha value is -3.17. The molecule has 168 valence electrons. The molecule has 3 N–H and O–H groups in total. The molecule has 1 aromatic heterocycles. The van der Waals surface area contributed by atoms with E-state index in [2.05, 4.69) is 38.2 Å². The lowest BCUT2D eigenvalue weighted by Crippen LogP contribution is -2.37. The van der Waals surface area contributed by atoms with E-state index in [1.807, 2.05) is 6.07 Å². The number of amides is 1. The van der Waals surface area contributed by atoms with Crippen molar-refractivity contribution in [2.75, 3.05) is 56.7 Å². The van der Waals surface area contributed by atoms with Crippen LogP contribution in [-0.4, -0.2) is 72.8 Å². The molecule has 1 amide bonds. The fourth-order valence-corrected chi connectivity index (χ4v) is 4.78. The Balaban J connectivity index is 1.47. The highest BCUT2D eigenvalue weighted by atomic mass is 16.5. The van der Waals surface area contributed by atoms with E-state index in [1.165, 1.54) is 6.20 Å². The van der Waals surface area contributed by atoms with Gasteiger partial charge in [0, 0.05) is 69.2 Å². The van der Waals surface area contributed by atoms with E-state index in [0.29, 0.717) is 13.2 Å². The van der Waals surface area contributed by atoms with Crippen LogP contribution in [0.1, 0.15) is 17.8 Å². The summed E-state index contributed by atoms with van der Waals surface area (Å²) >= 11 is 0. The average molecular weight is 437 g/mol. The van der Waals surface area contributed by atoms with E-state index in [0.717, 1.165) is 61.7 Å². The van der Waals surface area contributed by atoms with Crippen LogP contribution in [0.4, 0.5) is 11.4 Å². The summed E-state index contributed by atoms with van der Waals surface area (Å²) in [6.07, 6.45) is 6.25. The number of rotatable bonds is 4. The number of hydrogen-bond donors (Lipinski definition) is 2. The number of aromatic nitrogens is 2. The van der Waals surface area contributed by atoms with Crippen LogP contribution in [0.3, 0.4) is 0 Å². The molecule has 9 nitrogen and oxygen atoms in total. The topological polar surface area (TPSA) is 106 Å². The number of likely N-dealkylation sites (tertiary alicyclic amines) is 1. The molecule has 0 bridgehead atoms. The van der Waals surface area contributed by atoms with Crippen molar-refractivity contribution in [3.05, 3.63) is 48.2 Å². The second-order valence-corrected chi connectivity index (χ2v) is 8.63. The molecule has 2 aromatic rings. The summed E-state index contributed by atoms with van der Waals surface area (Å²) in [6, 6.07) is 5.81. The van der Waals surface area contributed by atoms with Gasteiger partial charge in [0.25, 0.3) is 5.91 Å². The highest BCUT2D eigenvalue weighted by molar-refractivity contribution is 6.24. The van der Waals surface area contributed by atoms with Gasteiger partial charge < -0.3 is 30.3 Å². The molecule has 3 aliphatic heterocycles. The molecule has 0 aliphatic carbocycles. The number of morpholine rings is 1. The summed E-state index contributed by atoms with van der Waals surface area (Å²) in [5, 5.41) is 3.06. The first kappa shape index (κ1) is 20.7. The van der Waals surface area contributed by atoms with Crippen molar-refractivity contribution in [3.8, 4) is 5.75 Å². The highest BCUT2D eigenvalue weighted by Crippen LogP contribution is 2.45. The van der Waals surface area contributed by atoms with Crippen molar-refractivity contribution < 1.29 is 14.3 Å². The largest absolute Gasteiger partial charge is 0.485 e. The third kappa shape index (κ3) is 3.89. The molecule has 9 heteroatoms. The van der Waals surface area contributed by atoms with Gasteiger partial charge in [-0.2, -0.15) is 0 Å². The molecular formula is C23H28N6O3. The third-order valence-electron chi connectivity index (χ3n) is 6.34. The van der Waals surface area contributed by atoms with Gasteiger partial charge in [-0.05, 0) is 19.2 Å². The van der Waals surface area contributed by atoms with Gasteiger partial charge in [0.2, 0.25) is 0 Å². The first-order valence-corrected chi connectivity index (χ1v) is 10.9. The number of anilines is 2. The number of carbonyl (C=O) groups is 1. The number of carbonyl (C=O) groups excluding carboxylic acids is 1. The van der Waals surface area contributed by atoms with Crippen LogP contribution in [-0.2, 0) is 16.0 Å². The van der Waals surface area contributed by atoms with Crippen LogP contribution in [0.15, 0.2) is 36.8 Å². The Morgan fingerprint density at radius 1 is 1.22 bits per heavy atom. The van der Waals surface area contributed by atoms with Crippen molar-refractivity contribution in [1.29, 1.82) is 0 Å². The van der Waals surface area contributed by atoms with Gasteiger partial charge >= 0.3 is 0 Å². The van der Waals surface area contributed by atoms with Crippen molar-refractivity contribution in [2.45, 2.75) is 18.4 Å². The Kier molecular flexibility index (Phi) is 5.44. The lowest BCUT2D eigenvalue weighted by Gasteiger charge is -2.31. The molecule has 2 saturated heterocycles. The summed E-state index contributed by atoms with van der Waals surface area (Å²) in [4.78, 5) is 26.0. The Morgan fingerprint density at radius 2 is 2.00 bits per heavy atom.